The fraction of sp³-hybridized carbons (Fsp3) is 0.111. The Labute approximate surface area is 175 Å². The number of aromatic nitrogens is 1. The van der Waals surface area contributed by atoms with E-state index in [1.54, 1.807) is 0 Å². The van der Waals surface area contributed by atoms with Gasteiger partial charge in [-0.25, -0.2) is 0 Å². The van der Waals surface area contributed by atoms with Gasteiger partial charge < -0.3 is 4.42 Å². The molecule has 3 nitrogen and oxygen atoms in total. The summed E-state index contributed by atoms with van der Waals surface area (Å²) in [5.74, 6) is 0. The predicted molar refractivity (Wildman–Crippen MR) is 120 cm³/mol. The van der Waals surface area contributed by atoms with Crippen LogP contribution < -0.4 is 4.57 Å². The monoisotopic (exact) mass is 389 g/mol. The lowest BCUT2D eigenvalue weighted by molar-refractivity contribution is -0.666. The highest BCUT2D eigenvalue weighted by Crippen LogP contribution is 2.41. The molecule has 0 aliphatic rings. The van der Waals surface area contributed by atoms with Crippen LogP contribution in [0.3, 0.4) is 0 Å². The van der Waals surface area contributed by atoms with Crippen molar-refractivity contribution in [2.45, 2.75) is 13.8 Å². The molecule has 2 aromatic heterocycles. The van der Waals surface area contributed by atoms with E-state index in [0.29, 0.717) is 5.56 Å². The Hall–Kier alpha value is -3.90. The second-order valence-corrected chi connectivity index (χ2v) is 7.69. The molecule has 0 spiro atoms. The molecule has 0 bridgehead atoms. The third-order valence-electron chi connectivity index (χ3n) is 5.94. The van der Waals surface area contributed by atoms with E-state index in [2.05, 4.69) is 74.0 Å². The van der Waals surface area contributed by atoms with Gasteiger partial charge in [-0.05, 0) is 36.2 Å². The van der Waals surface area contributed by atoms with Gasteiger partial charge in [0.05, 0.1) is 17.2 Å². The van der Waals surface area contributed by atoms with Gasteiger partial charge in [0.15, 0.2) is 5.69 Å². The predicted octanol–water partition coefficient (Wildman–Crippen LogP) is 6.23. The van der Waals surface area contributed by atoms with Crippen molar-refractivity contribution in [3.63, 3.8) is 0 Å². The van der Waals surface area contributed by atoms with Crippen LogP contribution in [0.1, 0.15) is 16.8 Å². The zero-order chi connectivity index (χ0) is 20.8. The Bertz CT molecular complexity index is 1470. The second-order valence-electron chi connectivity index (χ2n) is 7.69. The van der Waals surface area contributed by atoms with Crippen molar-refractivity contribution in [2.75, 3.05) is 0 Å². The van der Waals surface area contributed by atoms with Gasteiger partial charge in [-0.3, -0.25) is 0 Å². The lowest BCUT2D eigenvalue weighted by Gasteiger charge is -2.06. The van der Waals surface area contributed by atoms with E-state index in [0.717, 1.165) is 49.9 Å². The first kappa shape index (κ1) is 18.1. The average Bonchev–Trinajstić information content (AvgIpc) is 3.15. The van der Waals surface area contributed by atoms with Crippen LogP contribution >= 0.6 is 0 Å². The Morgan fingerprint density at radius 2 is 1.63 bits per heavy atom. The average molecular weight is 389 g/mol. The zero-order valence-corrected chi connectivity index (χ0v) is 17.2. The summed E-state index contributed by atoms with van der Waals surface area (Å²) in [5, 5.41) is 11.7. The molecule has 0 saturated heterocycles. The van der Waals surface area contributed by atoms with Crippen molar-refractivity contribution in [1.82, 2.24) is 0 Å². The fourth-order valence-corrected chi connectivity index (χ4v) is 4.24. The number of aryl methyl sites for hydroxylation is 2. The van der Waals surface area contributed by atoms with Gasteiger partial charge in [0.1, 0.15) is 18.2 Å². The molecule has 30 heavy (non-hydrogen) atoms. The SMILES string of the molecule is Cc1ccc2c(oc3c(-c4ccccc4)ccc(C#N)c32)c1-c1cccc(C)[n+]1C. The van der Waals surface area contributed by atoms with Crippen molar-refractivity contribution in [3.05, 3.63) is 89.6 Å². The first-order chi connectivity index (χ1) is 14.6. The Morgan fingerprint density at radius 1 is 0.833 bits per heavy atom. The van der Waals surface area contributed by atoms with Gasteiger partial charge in [-0.2, -0.15) is 9.83 Å². The summed E-state index contributed by atoms with van der Waals surface area (Å²) in [5.41, 5.74) is 8.76. The summed E-state index contributed by atoms with van der Waals surface area (Å²) >= 11 is 0. The van der Waals surface area contributed by atoms with Crippen molar-refractivity contribution in [1.29, 1.82) is 5.26 Å². The van der Waals surface area contributed by atoms with Crippen molar-refractivity contribution >= 4 is 21.9 Å². The van der Waals surface area contributed by atoms with Crippen LogP contribution in [0, 0.1) is 25.2 Å². The molecule has 0 amide bonds. The number of rotatable bonds is 2. The van der Waals surface area contributed by atoms with Crippen LogP contribution in [0.25, 0.3) is 44.3 Å². The summed E-state index contributed by atoms with van der Waals surface area (Å²) in [4.78, 5) is 0. The number of hydrogen-bond donors (Lipinski definition) is 0. The van der Waals surface area contributed by atoms with E-state index in [1.165, 1.54) is 5.69 Å². The molecule has 5 aromatic rings. The minimum atomic E-state index is 0.631. The molecule has 0 N–H and O–H groups in total. The lowest BCUT2D eigenvalue weighted by atomic mass is 9.96. The molecule has 144 valence electrons. The molecule has 0 unspecified atom stereocenters. The van der Waals surface area contributed by atoms with Crippen molar-refractivity contribution < 1.29 is 8.98 Å². The second kappa shape index (κ2) is 6.86. The highest BCUT2D eigenvalue weighted by Gasteiger charge is 2.23. The standard InChI is InChI=1S/C27H21N2O/c1-17-12-14-22-25-20(16-28)13-15-21(19-9-5-4-6-10-19)26(25)30-27(22)24(17)23-11-7-8-18(2)29(23)3/h4-15H,1-3H3/q+1. The summed E-state index contributed by atoms with van der Waals surface area (Å²) < 4.78 is 8.76. The van der Waals surface area contributed by atoms with Gasteiger partial charge in [0, 0.05) is 35.4 Å². The molecule has 3 aromatic carbocycles. The minimum absolute atomic E-state index is 0.631. The van der Waals surface area contributed by atoms with Gasteiger partial charge >= 0.3 is 0 Å². The smallest absolute Gasteiger partial charge is 0.216 e. The maximum absolute atomic E-state index is 9.80. The Kier molecular flexibility index (Phi) is 4.15. The third-order valence-corrected chi connectivity index (χ3v) is 5.94. The number of hydrogen-bond acceptors (Lipinski definition) is 2. The normalized spacial score (nSPS) is 11.1. The molecular weight excluding hydrogens is 368 g/mol. The summed E-state index contributed by atoms with van der Waals surface area (Å²) in [6, 6.07) is 26.9. The number of fused-ring (bicyclic) bond motifs is 3. The summed E-state index contributed by atoms with van der Waals surface area (Å²) in [6.45, 7) is 4.20. The quantitative estimate of drug-likeness (QED) is 0.336. The minimum Gasteiger partial charge on any atom is -0.454 e. The van der Waals surface area contributed by atoms with E-state index in [4.69, 9.17) is 4.42 Å². The molecule has 2 heterocycles. The number of furan rings is 1. The van der Waals surface area contributed by atoms with E-state index in [1.807, 2.05) is 30.3 Å². The van der Waals surface area contributed by atoms with E-state index < -0.39 is 0 Å². The van der Waals surface area contributed by atoms with Crippen molar-refractivity contribution in [3.8, 4) is 28.5 Å². The molecule has 0 fully saturated rings. The number of pyridine rings is 1. The van der Waals surface area contributed by atoms with Crippen LogP contribution in [-0.2, 0) is 7.05 Å². The van der Waals surface area contributed by atoms with Crippen LogP contribution in [0.2, 0.25) is 0 Å². The van der Waals surface area contributed by atoms with Crippen molar-refractivity contribution in [2.24, 2.45) is 7.05 Å². The third kappa shape index (κ3) is 2.62. The maximum Gasteiger partial charge on any atom is 0.216 e. The largest absolute Gasteiger partial charge is 0.454 e. The molecule has 0 radical (unpaired) electrons. The number of nitriles is 1. The molecule has 3 heteroatoms. The molecule has 0 aliphatic carbocycles. The van der Waals surface area contributed by atoms with E-state index >= 15 is 0 Å². The van der Waals surface area contributed by atoms with Crippen LogP contribution in [0.4, 0.5) is 0 Å². The van der Waals surface area contributed by atoms with Crippen LogP contribution in [0.15, 0.2) is 77.2 Å². The number of benzene rings is 3. The van der Waals surface area contributed by atoms with E-state index in [9.17, 15) is 5.26 Å². The highest BCUT2D eigenvalue weighted by atomic mass is 16.3. The molecular formula is C27H21N2O+. The molecule has 0 atom stereocenters. The molecule has 5 rings (SSSR count). The maximum atomic E-state index is 9.80. The Morgan fingerprint density at radius 3 is 2.40 bits per heavy atom. The number of nitrogens with zero attached hydrogens (tertiary/aromatic N) is 2. The summed E-state index contributed by atoms with van der Waals surface area (Å²) in [6.07, 6.45) is 0. The van der Waals surface area contributed by atoms with Gasteiger partial charge in [-0.15, -0.1) is 0 Å². The first-order valence-electron chi connectivity index (χ1n) is 10.0. The zero-order valence-electron chi connectivity index (χ0n) is 17.2. The van der Waals surface area contributed by atoms with Gasteiger partial charge in [0.2, 0.25) is 5.69 Å². The van der Waals surface area contributed by atoms with Gasteiger partial charge in [-0.1, -0.05) is 42.5 Å². The topological polar surface area (TPSA) is 40.8 Å². The lowest BCUT2D eigenvalue weighted by Crippen LogP contribution is -2.34. The van der Waals surface area contributed by atoms with Gasteiger partial charge in [0.25, 0.3) is 0 Å². The van der Waals surface area contributed by atoms with E-state index in [-0.39, 0.29) is 0 Å². The molecule has 0 saturated carbocycles. The summed E-state index contributed by atoms with van der Waals surface area (Å²) in [7, 11) is 2.07. The van der Waals surface area contributed by atoms with Crippen LogP contribution in [0.5, 0.6) is 0 Å². The van der Waals surface area contributed by atoms with Crippen LogP contribution in [-0.4, -0.2) is 0 Å². The molecule has 0 aliphatic heterocycles. The highest BCUT2D eigenvalue weighted by molar-refractivity contribution is 6.15. The first-order valence-corrected chi connectivity index (χ1v) is 10.0. The Balaban J connectivity index is 1.95. The fourth-order valence-electron chi connectivity index (χ4n) is 4.24.